The average Bonchev–Trinajstić information content (AvgIpc) is 3.31. The zero-order valence-corrected chi connectivity index (χ0v) is 19.2. The number of likely N-dealkylation sites (N-methyl/N-ethyl adjacent to an activating group) is 1. The summed E-state index contributed by atoms with van der Waals surface area (Å²) in [5.41, 5.74) is -3.44. The van der Waals surface area contributed by atoms with Crippen LogP contribution in [0.25, 0.3) is 0 Å². The summed E-state index contributed by atoms with van der Waals surface area (Å²) in [7, 11) is 0. The van der Waals surface area contributed by atoms with Crippen LogP contribution in [0.2, 0.25) is 0 Å². The average molecular weight is 509 g/mol. The topological polar surface area (TPSA) is 56.1 Å². The largest absolute Gasteiger partial charge is 0.416 e. The first-order valence-corrected chi connectivity index (χ1v) is 11.4. The van der Waals surface area contributed by atoms with E-state index in [1.54, 1.807) is 0 Å². The van der Waals surface area contributed by atoms with Gasteiger partial charge in [0.1, 0.15) is 6.67 Å². The first-order valence-electron chi connectivity index (χ1n) is 11.4. The van der Waals surface area contributed by atoms with Gasteiger partial charge in [0, 0.05) is 17.5 Å². The maximum atomic E-state index is 13.2. The van der Waals surface area contributed by atoms with Gasteiger partial charge in [-0.2, -0.15) is 31.1 Å². The molecule has 0 spiro atoms. The van der Waals surface area contributed by atoms with Gasteiger partial charge in [-0.25, -0.2) is 4.39 Å². The fraction of sp³-hybridized carbons (Fsp3) is 0.682. The third kappa shape index (κ3) is 5.02. The van der Waals surface area contributed by atoms with Gasteiger partial charge in [0.15, 0.2) is 5.82 Å². The van der Waals surface area contributed by atoms with E-state index in [2.05, 4.69) is 20.3 Å². The Bertz CT molecular complexity index is 1010. The molecule has 0 radical (unpaired) electrons. The first-order chi connectivity index (χ1) is 16.4. The second kappa shape index (κ2) is 9.30. The normalized spacial score (nSPS) is 27.5. The predicted octanol–water partition coefficient (Wildman–Crippen LogP) is 5.00. The molecule has 3 heterocycles. The molecule has 2 aliphatic rings. The zero-order chi connectivity index (χ0) is 25.6. The van der Waals surface area contributed by atoms with Gasteiger partial charge in [-0.3, -0.25) is 4.90 Å². The van der Waals surface area contributed by atoms with Crippen LogP contribution in [0.1, 0.15) is 61.5 Å². The Morgan fingerprint density at radius 2 is 1.71 bits per heavy atom. The number of hydrogen-bond donors (Lipinski definition) is 0. The molecule has 0 aliphatic carbocycles. The van der Waals surface area contributed by atoms with Crippen LogP contribution in [-0.2, 0) is 30.2 Å². The SMILES string of the molecule is CCN1C2CCC(OCc3cc(C(F)(F)F)cc(C(F)(F)F)c3)C1(C)CC2c1nnn(CCF)n1. The molecule has 6 nitrogen and oxygen atoms in total. The van der Waals surface area contributed by atoms with E-state index >= 15 is 0 Å². The standard InChI is InChI=1S/C22H26F7N5O/c1-3-33-17-4-5-18(20(33,2)11-16(17)19-30-32-34(31-19)7-6-23)35-12-13-8-14(21(24,25)26)10-15(9-13)22(27,28)29/h8-10,16-18H,3-7,11-12H2,1-2H3. The highest BCUT2D eigenvalue weighted by Gasteiger charge is 2.57. The van der Waals surface area contributed by atoms with Gasteiger partial charge in [0.05, 0.1) is 30.4 Å². The van der Waals surface area contributed by atoms with Crippen molar-refractivity contribution in [3.8, 4) is 0 Å². The zero-order valence-electron chi connectivity index (χ0n) is 19.2. The molecule has 0 N–H and O–H groups in total. The van der Waals surface area contributed by atoms with E-state index in [9.17, 15) is 30.7 Å². The summed E-state index contributed by atoms with van der Waals surface area (Å²) in [6.07, 6.45) is -8.40. The summed E-state index contributed by atoms with van der Waals surface area (Å²) in [5, 5.41) is 12.3. The van der Waals surface area contributed by atoms with Crippen molar-refractivity contribution in [2.75, 3.05) is 13.2 Å². The van der Waals surface area contributed by atoms with E-state index in [0.717, 1.165) is 0 Å². The maximum absolute atomic E-state index is 13.2. The van der Waals surface area contributed by atoms with Crippen molar-refractivity contribution in [2.45, 2.75) is 82.2 Å². The molecular formula is C22H26F7N5O. The van der Waals surface area contributed by atoms with Crippen molar-refractivity contribution in [3.63, 3.8) is 0 Å². The van der Waals surface area contributed by atoms with Gasteiger partial charge >= 0.3 is 12.4 Å². The molecule has 2 aromatic rings. The van der Waals surface area contributed by atoms with Crippen molar-refractivity contribution in [3.05, 3.63) is 40.7 Å². The number of benzene rings is 1. The number of hydrogen-bond acceptors (Lipinski definition) is 5. The van der Waals surface area contributed by atoms with Gasteiger partial charge < -0.3 is 4.74 Å². The quantitative estimate of drug-likeness (QED) is 0.492. The second-order valence-corrected chi connectivity index (χ2v) is 9.24. The lowest BCUT2D eigenvalue weighted by atomic mass is 9.86. The Balaban J connectivity index is 1.55. The number of nitrogens with zero attached hydrogens (tertiary/aromatic N) is 5. The van der Waals surface area contributed by atoms with Gasteiger partial charge in [-0.1, -0.05) is 6.92 Å². The van der Waals surface area contributed by atoms with Gasteiger partial charge in [-0.15, -0.1) is 10.2 Å². The van der Waals surface area contributed by atoms with Crippen LogP contribution in [-0.4, -0.2) is 56.0 Å². The summed E-state index contributed by atoms with van der Waals surface area (Å²) >= 11 is 0. The summed E-state index contributed by atoms with van der Waals surface area (Å²) < 4.78 is 97.9. The lowest BCUT2D eigenvalue weighted by Crippen LogP contribution is -2.57. The van der Waals surface area contributed by atoms with E-state index < -0.39 is 41.8 Å². The van der Waals surface area contributed by atoms with Crippen molar-refractivity contribution in [1.29, 1.82) is 0 Å². The highest BCUT2D eigenvalue weighted by Crippen LogP contribution is 2.51. The second-order valence-electron chi connectivity index (χ2n) is 9.24. The van der Waals surface area contributed by atoms with E-state index in [4.69, 9.17) is 4.74 Å². The number of halogens is 7. The number of aromatic nitrogens is 4. The molecule has 2 bridgehead atoms. The Morgan fingerprint density at radius 3 is 2.29 bits per heavy atom. The molecular weight excluding hydrogens is 483 g/mol. The Hall–Kier alpha value is -2.28. The smallest absolute Gasteiger partial charge is 0.372 e. The van der Waals surface area contributed by atoms with E-state index in [1.165, 1.54) is 4.80 Å². The summed E-state index contributed by atoms with van der Waals surface area (Å²) in [6, 6.07) is 1.59. The Morgan fingerprint density at radius 1 is 1.06 bits per heavy atom. The lowest BCUT2D eigenvalue weighted by molar-refractivity contribution is -0.143. The van der Waals surface area contributed by atoms with Gasteiger partial charge in [-0.05, 0) is 61.7 Å². The summed E-state index contributed by atoms with van der Waals surface area (Å²) in [6.45, 7) is 3.62. The molecule has 0 saturated carbocycles. The van der Waals surface area contributed by atoms with E-state index in [-0.39, 0.29) is 36.7 Å². The molecule has 35 heavy (non-hydrogen) atoms. The van der Waals surface area contributed by atoms with Crippen LogP contribution < -0.4 is 0 Å². The number of ether oxygens (including phenoxy) is 1. The van der Waals surface area contributed by atoms with Crippen LogP contribution in [0, 0.1) is 0 Å². The van der Waals surface area contributed by atoms with E-state index in [1.807, 2.05) is 13.8 Å². The number of fused-ring (bicyclic) bond motifs is 2. The van der Waals surface area contributed by atoms with Crippen molar-refractivity contribution in [1.82, 2.24) is 25.1 Å². The molecule has 2 fully saturated rings. The van der Waals surface area contributed by atoms with Crippen LogP contribution >= 0.6 is 0 Å². The van der Waals surface area contributed by atoms with Crippen LogP contribution in [0.3, 0.4) is 0 Å². The predicted molar refractivity (Wildman–Crippen MR) is 110 cm³/mol. The highest BCUT2D eigenvalue weighted by molar-refractivity contribution is 5.33. The minimum Gasteiger partial charge on any atom is -0.372 e. The molecule has 4 atom stereocenters. The van der Waals surface area contributed by atoms with Crippen molar-refractivity contribution < 1.29 is 35.5 Å². The molecule has 1 aromatic carbocycles. The molecule has 4 rings (SSSR count). The van der Waals surface area contributed by atoms with Crippen LogP contribution in [0.5, 0.6) is 0 Å². The third-order valence-electron chi connectivity index (χ3n) is 7.10. The molecule has 1 aromatic heterocycles. The number of aryl methyl sites for hydroxylation is 1. The Labute approximate surface area is 197 Å². The fourth-order valence-corrected chi connectivity index (χ4v) is 5.60. The minimum absolute atomic E-state index is 0.00177. The lowest BCUT2D eigenvalue weighted by Gasteiger charge is -2.47. The maximum Gasteiger partial charge on any atom is 0.416 e. The molecule has 2 aliphatic heterocycles. The monoisotopic (exact) mass is 509 g/mol. The molecule has 2 saturated heterocycles. The highest BCUT2D eigenvalue weighted by atomic mass is 19.4. The number of piperidine rings is 1. The minimum atomic E-state index is -4.91. The summed E-state index contributed by atoms with van der Waals surface area (Å²) in [4.78, 5) is 3.44. The number of rotatable bonds is 7. The molecule has 194 valence electrons. The molecule has 13 heteroatoms. The first kappa shape index (κ1) is 25.8. The van der Waals surface area contributed by atoms with Gasteiger partial charge in [0.25, 0.3) is 0 Å². The Kier molecular flexibility index (Phi) is 6.86. The van der Waals surface area contributed by atoms with Crippen molar-refractivity contribution in [2.24, 2.45) is 0 Å². The van der Waals surface area contributed by atoms with Crippen LogP contribution in [0.4, 0.5) is 30.7 Å². The third-order valence-corrected chi connectivity index (χ3v) is 7.10. The summed E-state index contributed by atoms with van der Waals surface area (Å²) in [5.74, 6) is 0.409. The molecule has 4 unspecified atom stereocenters. The van der Waals surface area contributed by atoms with E-state index in [0.29, 0.717) is 43.8 Å². The van der Waals surface area contributed by atoms with Gasteiger partial charge in [0.2, 0.25) is 0 Å². The van der Waals surface area contributed by atoms with Crippen LogP contribution in [0.15, 0.2) is 18.2 Å². The molecule has 0 amide bonds. The number of alkyl halides is 7. The number of tetrazole rings is 1. The fourth-order valence-electron chi connectivity index (χ4n) is 5.60. The van der Waals surface area contributed by atoms with Crippen molar-refractivity contribution >= 4 is 0 Å².